The van der Waals surface area contributed by atoms with Crippen molar-refractivity contribution in [3.8, 4) is 5.75 Å². The molecule has 4 N–H and O–H groups in total. The fourth-order valence-electron chi connectivity index (χ4n) is 2.69. The molecule has 3 aromatic rings. The smallest absolute Gasteiger partial charge is 0.312 e. The number of nitrogens with two attached hydrogens (primary N) is 1. The van der Waals surface area contributed by atoms with Gasteiger partial charge in [0.1, 0.15) is 5.75 Å². The van der Waals surface area contributed by atoms with Gasteiger partial charge in [-0.2, -0.15) is 0 Å². The minimum Gasteiger partial charge on any atom is -0.476 e. The van der Waals surface area contributed by atoms with Gasteiger partial charge in [0.05, 0.1) is 10.0 Å². The van der Waals surface area contributed by atoms with Crippen molar-refractivity contribution in [2.24, 2.45) is 5.73 Å². The molecule has 6 nitrogen and oxygen atoms in total. The molecule has 0 aliphatic heterocycles. The van der Waals surface area contributed by atoms with Crippen LogP contribution in [-0.2, 0) is 11.3 Å². The Morgan fingerprint density at radius 2 is 1.63 bits per heavy atom. The van der Waals surface area contributed by atoms with E-state index < -0.39 is 12.1 Å². The van der Waals surface area contributed by atoms with E-state index in [4.69, 9.17) is 33.7 Å². The average Bonchev–Trinajstić information content (AvgIpc) is 2.74. The summed E-state index contributed by atoms with van der Waals surface area (Å²) in [4.78, 5) is 23.8. The zero-order valence-corrected chi connectivity index (χ0v) is 17.3. The summed E-state index contributed by atoms with van der Waals surface area (Å²) in [5, 5.41) is 6.09. The summed E-state index contributed by atoms with van der Waals surface area (Å²) in [6.07, 6.45) is -0.903. The molecule has 0 spiro atoms. The molecule has 0 saturated carbocycles. The predicted molar refractivity (Wildman–Crippen MR) is 118 cm³/mol. The molecule has 30 heavy (non-hydrogen) atoms. The highest BCUT2D eigenvalue weighted by Gasteiger charge is 2.23. The summed E-state index contributed by atoms with van der Waals surface area (Å²) in [5.74, 6) is 0.0663. The van der Waals surface area contributed by atoms with E-state index in [9.17, 15) is 9.59 Å². The van der Waals surface area contributed by atoms with Crippen molar-refractivity contribution >= 4 is 40.8 Å². The van der Waals surface area contributed by atoms with Gasteiger partial charge in [-0.1, -0.05) is 65.7 Å². The summed E-state index contributed by atoms with van der Waals surface area (Å²) in [5.41, 5.74) is 7.18. The van der Waals surface area contributed by atoms with Crippen LogP contribution in [0.25, 0.3) is 0 Å². The van der Waals surface area contributed by atoms with Crippen LogP contribution in [0.1, 0.15) is 17.2 Å². The Morgan fingerprint density at radius 1 is 0.933 bits per heavy atom. The van der Waals surface area contributed by atoms with Gasteiger partial charge in [-0.05, 0) is 29.8 Å². The molecule has 1 atom stereocenters. The number of rotatable bonds is 7. The third kappa shape index (κ3) is 5.89. The Labute approximate surface area is 183 Å². The van der Waals surface area contributed by atoms with Crippen LogP contribution < -0.4 is 21.1 Å². The van der Waals surface area contributed by atoms with Crippen LogP contribution in [0.3, 0.4) is 0 Å². The minimum atomic E-state index is -0.903. The fourth-order valence-corrected chi connectivity index (χ4v) is 2.98. The van der Waals surface area contributed by atoms with Crippen LogP contribution >= 0.6 is 23.2 Å². The summed E-state index contributed by atoms with van der Waals surface area (Å²) in [7, 11) is 0. The number of anilines is 1. The van der Waals surface area contributed by atoms with Gasteiger partial charge in [0.2, 0.25) is 6.10 Å². The standard InChI is InChI=1S/C22H19Cl2N3O3/c23-18-11-10-17(12-19(18)24)30-20(15-4-2-1-3-5-15)21(28)27-16-8-6-14(7-9-16)13-26-22(25)29/h1-12,20H,13H2,(H,27,28)(H3,25,26,29). The van der Waals surface area contributed by atoms with E-state index in [2.05, 4.69) is 10.6 Å². The lowest BCUT2D eigenvalue weighted by atomic mass is 10.1. The monoisotopic (exact) mass is 443 g/mol. The molecule has 3 rings (SSSR count). The Morgan fingerprint density at radius 3 is 2.27 bits per heavy atom. The quantitative estimate of drug-likeness (QED) is 0.483. The van der Waals surface area contributed by atoms with Crippen molar-refractivity contribution in [2.45, 2.75) is 12.6 Å². The molecule has 8 heteroatoms. The lowest BCUT2D eigenvalue weighted by Gasteiger charge is -2.19. The van der Waals surface area contributed by atoms with Crippen LogP contribution in [-0.4, -0.2) is 11.9 Å². The number of nitrogens with one attached hydrogen (secondary N) is 2. The van der Waals surface area contributed by atoms with Gasteiger partial charge in [-0.25, -0.2) is 4.79 Å². The van der Waals surface area contributed by atoms with Gasteiger partial charge in [0.25, 0.3) is 5.91 Å². The second-order valence-corrected chi connectivity index (χ2v) is 7.20. The van der Waals surface area contributed by atoms with Gasteiger partial charge in [-0.15, -0.1) is 0 Å². The number of hydrogen-bond acceptors (Lipinski definition) is 3. The van der Waals surface area contributed by atoms with Crippen LogP contribution in [0, 0.1) is 0 Å². The molecule has 0 saturated heterocycles. The maximum Gasteiger partial charge on any atom is 0.312 e. The Kier molecular flexibility index (Phi) is 7.17. The van der Waals surface area contributed by atoms with Gasteiger partial charge in [0.15, 0.2) is 0 Å². The minimum absolute atomic E-state index is 0.302. The van der Waals surface area contributed by atoms with Gasteiger partial charge in [0, 0.05) is 23.9 Å². The van der Waals surface area contributed by atoms with Gasteiger partial charge >= 0.3 is 6.03 Å². The summed E-state index contributed by atoms with van der Waals surface area (Å²) >= 11 is 12.0. The van der Waals surface area contributed by atoms with Crippen molar-refractivity contribution < 1.29 is 14.3 Å². The SMILES string of the molecule is NC(=O)NCc1ccc(NC(=O)C(Oc2ccc(Cl)c(Cl)c2)c2ccccc2)cc1. The van der Waals surface area contributed by atoms with E-state index in [0.29, 0.717) is 33.6 Å². The maximum absolute atomic E-state index is 13.0. The second-order valence-electron chi connectivity index (χ2n) is 6.39. The summed E-state index contributed by atoms with van der Waals surface area (Å²) < 4.78 is 5.94. The molecule has 0 aromatic heterocycles. The first kappa shape index (κ1) is 21.5. The number of ether oxygens (including phenoxy) is 1. The first-order chi connectivity index (χ1) is 14.4. The molecule has 3 aromatic carbocycles. The van der Waals surface area contributed by atoms with Crippen LogP contribution in [0.2, 0.25) is 10.0 Å². The Hall–Kier alpha value is -3.22. The third-order valence-electron chi connectivity index (χ3n) is 4.17. The largest absolute Gasteiger partial charge is 0.476 e. The lowest BCUT2D eigenvalue weighted by molar-refractivity contribution is -0.123. The predicted octanol–water partition coefficient (Wildman–Crippen LogP) is 4.92. The molecule has 0 heterocycles. The van der Waals surface area contributed by atoms with E-state index in [0.717, 1.165) is 5.56 Å². The molecule has 0 bridgehead atoms. The third-order valence-corrected chi connectivity index (χ3v) is 4.91. The van der Waals surface area contributed by atoms with Crippen molar-refractivity contribution in [3.63, 3.8) is 0 Å². The first-order valence-corrected chi connectivity index (χ1v) is 9.78. The first-order valence-electron chi connectivity index (χ1n) is 9.02. The van der Waals surface area contributed by atoms with E-state index >= 15 is 0 Å². The summed E-state index contributed by atoms with van der Waals surface area (Å²) in [6.45, 7) is 0.302. The molecular weight excluding hydrogens is 425 g/mol. The number of primary amides is 1. The van der Waals surface area contributed by atoms with E-state index in [1.165, 1.54) is 0 Å². The maximum atomic E-state index is 13.0. The lowest BCUT2D eigenvalue weighted by Crippen LogP contribution is -2.28. The van der Waals surface area contributed by atoms with E-state index in [1.54, 1.807) is 54.6 Å². The highest BCUT2D eigenvalue weighted by atomic mass is 35.5. The highest BCUT2D eigenvalue weighted by Crippen LogP contribution is 2.30. The van der Waals surface area contributed by atoms with E-state index in [1.807, 2.05) is 18.2 Å². The van der Waals surface area contributed by atoms with Gasteiger partial charge < -0.3 is 21.1 Å². The number of halogens is 2. The summed E-state index contributed by atoms with van der Waals surface area (Å²) in [6, 6.07) is 20.4. The Balaban J connectivity index is 1.76. The zero-order valence-electron chi connectivity index (χ0n) is 15.8. The van der Waals surface area contributed by atoms with Crippen LogP contribution in [0.5, 0.6) is 5.75 Å². The Bertz CT molecular complexity index is 1030. The molecule has 0 aliphatic carbocycles. The second kappa shape index (κ2) is 10.0. The number of carbonyl (C=O) groups is 2. The number of urea groups is 1. The number of hydrogen-bond donors (Lipinski definition) is 3. The van der Waals surface area contributed by atoms with Crippen molar-refractivity contribution in [3.05, 3.63) is 94.0 Å². The number of carbonyl (C=O) groups excluding carboxylic acids is 2. The number of benzene rings is 3. The van der Waals surface area contributed by atoms with Crippen LogP contribution in [0.4, 0.5) is 10.5 Å². The molecule has 0 aliphatic rings. The molecule has 154 valence electrons. The van der Waals surface area contributed by atoms with Crippen LogP contribution in [0.15, 0.2) is 72.8 Å². The van der Waals surface area contributed by atoms with Crippen molar-refractivity contribution in [1.29, 1.82) is 0 Å². The molecule has 3 amide bonds. The van der Waals surface area contributed by atoms with Crippen molar-refractivity contribution in [1.82, 2.24) is 5.32 Å². The highest BCUT2D eigenvalue weighted by molar-refractivity contribution is 6.42. The molecule has 0 radical (unpaired) electrons. The number of amides is 3. The molecule has 1 unspecified atom stereocenters. The van der Waals surface area contributed by atoms with Crippen molar-refractivity contribution in [2.75, 3.05) is 5.32 Å². The van der Waals surface area contributed by atoms with Gasteiger partial charge in [-0.3, -0.25) is 4.79 Å². The molecular formula is C22H19Cl2N3O3. The normalized spacial score (nSPS) is 11.4. The zero-order chi connectivity index (χ0) is 21.5. The van der Waals surface area contributed by atoms with E-state index in [-0.39, 0.29) is 5.91 Å². The fraction of sp³-hybridized carbons (Fsp3) is 0.0909. The molecule has 0 fully saturated rings. The topological polar surface area (TPSA) is 93.5 Å². The average molecular weight is 444 g/mol.